The molecule has 1 N–H and O–H groups in total. The van der Waals surface area contributed by atoms with Crippen molar-refractivity contribution in [3.63, 3.8) is 0 Å². The van der Waals surface area contributed by atoms with Crippen LogP contribution >= 0.6 is 0 Å². The van der Waals surface area contributed by atoms with Gasteiger partial charge in [-0.05, 0) is 25.5 Å². The molecule has 1 aromatic rings. The minimum absolute atomic E-state index is 0.0971. The van der Waals surface area contributed by atoms with Gasteiger partial charge in [-0.2, -0.15) is 0 Å². The van der Waals surface area contributed by atoms with Crippen LogP contribution in [-0.4, -0.2) is 12.3 Å². The van der Waals surface area contributed by atoms with Crippen molar-refractivity contribution in [2.45, 2.75) is 25.6 Å². The van der Waals surface area contributed by atoms with Gasteiger partial charge < -0.3 is 10.1 Å². The first-order valence-corrected chi connectivity index (χ1v) is 4.92. The highest BCUT2D eigenvalue weighted by Gasteiger charge is 2.41. The lowest BCUT2D eigenvalue weighted by Crippen LogP contribution is -2.26. The second-order valence-electron chi connectivity index (χ2n) is 4.31. The third-order valence-corrected chi connectivity index (χ3v) is 2.73. The largest absolute Gasteiger partial charge is 0.573 e. The van der Waals surface area contributed by atoms with E-state index in [1.165, 1.54) is 12.1 Å². The fourth-order valence-electron chi connectivity index (χ4n) is 1.78. The number of hydrogen-bond acceptors (Lipinski definition) is 2. The zero-order chi connectivity index (χ0) is 12.8. The van der Waals surface area contributed by atoms with Crippen LogP contribution < -0.4 is 10.1 Å². The van der Waals surface area contributed by atoms with Crippen molar-refractivity contribution in [3.8, 4) is 5.75 Å². The van der Waals surface area contributed by atoms with Crippen molar-refractivity contribution >= 4 is 11.6 Å². The summed E-state index contributed by atoms with van der Waals surface area (Å²) in [5.41, 5.74) is -0.246. The van der Waals surface area contributed by atoms with Crippen molar-refractivity contribution in [3.05, 3.63) is 23.8 Å². The van der Waals surface area contributed by atoms with Crippen LogP contribution in [0.15, 0.2) is 18.2 Å². The summed E-state index contributed by atoms with van der Waals surface area (Å²) in [6.07, 6.45) is -4.77. The number of hydrogen-bond donors (Lipinski definition) is 1. The Kier molecular flexibility index (Phi) is 2.34. The molecule has 17 heavy (non-hydrogen) atoms. The third kappa shape index (κ3) is 1.94. The van der Waals surface area contributed by atoms with E-state index in [2.05, 4.69) is 10.1 Å². The van der Waals surface area contributed by atoms with Gasteiger partial charge in [-0.3, -0.25) is 4.79 Å². The standard InChI is InChI=1S/C11H10F3NO2/c1-10(2)6-4-3-5-7(17-11(12,13)14)8(6)15-9(10)16/h3-5H,1-2H3,(H,15,16). The van der Waals surface area contributed by atoms with Gasteiger partial charge in [0.05, 0.1) is 11.1 Å². The molecule has 0 saturated heterocycles. The summed E-state index contributed by atoms with van der Waals surface area (Å²) in [7, 11) is 0. The molecule has 3 nitrogen and oxygen atoms in total. The highest BCUT2D eigenvalue weighted by molar-refractivity contribution is 6.07. The van der Waals surface area contributed by atoms with Gasteiger partial charge in [0, 0.05) is 0 Å². The average Bonchev–Trinajstić information content (AvgIpc) is 2.39. The molecule has 2 rings (SSSR count). The first kappa shape index (κ1) is 11.8. The molecule has 1 aromatic carbocycles. The molecule has 0 unspecified atom stereocenters. The number of fused-ring (bicyclic) bond motifs is 1. The van der Waals surface area contributed by atoms with Gasteiger partial charge in [0.2, 0.25) is 5.91 Å². The molecule has 92 valence electrons. The van der Waals surface area contributed by atoms with Gasteiger partial charge in [0.25, 0.3) is 0 Å². The van der Waals surface area contributed by atoms with Crippen LogP contribution in [-0.2, 0) is 10.2 Å². The summed E-state index contributed by atoms with van der Waals surface area (Å²) in [5.74, 6) is -0.723. The van der Waals surface area contributed by atoms with E-state index in [4.69, 9.17) is 0 Å². The first-order chi connectivity index (χ1) is 7.72. The fraction of sp³-hybridized carbons (Fsp3) is 0.364. The molecule has 0 aromatic heterocycles. The molecule has 0 atom stereocenters. The van der Waals surface area contributed by atoms with Crippen LogP contribution in [0.3, 0.4) is 0 Å². The molecular formula is C11H10F3NO2. The molecule has 1 heterocycles. The number of anilines is 1. The number of rotatable bonds is 1. The summed E-state index contributed by atoms with van der Waals surface area (Å²) in [5, 5.41) is 2.41. The van der Waals surface area contributed by atoms with Crippen LogP contribution in [0.1, 0.15) is 19.4 Å². The fourth-order valence-corrected chi connectivity index (χ4v) is 1.78. The Morgan fingerprint density at radius 1 is 1.29 bits per heavy atom. The lowest BCUT2D eigenvalue weighted by atomic mass is 9.86. The summed E-state index contributed by atoms with van der Waals surface area (Å²) in [6.45, 7) is 3.29. The molecule has 6 heteroatoms. The number of halogens is 3. The lowest BCUT2D eigenvalue weighted by molar-refractivity contribution is -0.274. The number of alkyl halides is 3. The maximum Gasteiger partial charge on any atom is 0.573 e. The minimum atomic E-state index is -4.77. The Balaban J connectivity index is 2.48. The zero-order valence-corrected chi connectivity index (χ0v) is 9.18. The molecule has 0 bridgehead atoms. The molecule has 0 aliphatic carbocycles. The van der Waals surface area contributed by atoms with Crippen LogP contribution in [0.2, 0.25) is 0 Å². The summed E-state index contributed by atoms with van der Waals surface area (Å²) in [6, 6.07) is 4.21. The molecule has 0 fully saturated rings. The van der Waals surface area contributed by atoms with Crippen molar-refractivity contribution < 1.29 is 22.7 Å². The topological polar surface area (TPSA) is 38.3 Å². The molecule has 0 spiro atoms. The average molecular weight is 245 g/mol. The van der Waals surface area contributed by atoms with E-state index < -0.39 is 11.8 Å². The van der Waals surface area contributed by atoms with E-state index in [9.17, 15) is 18.0 Å². The summed E-state index contributed by atoms with van der Waals surface area (Å²) < 4.78 is 40.4. The quantitative estimate of drug-likeness (QED) is 0.826. The van der Waals surface area contributed by atoms with Gasteiger partial charge in [-0.1, -0.05) is 12.1 Å². The zero-order valence-electron chi connectivity index (χ0n) is 9.18. The monoisotopic (exact) mass is 245 g/mol. The molecule has 0 radical (unpaired) electrons. The Morgan fingerprint density at radius 3 is 2.53 bits per heavy atom. The van der Waals surface area contributed by atoms with Gasteiger partial charge in [0.1, 0.15) is 0 Å². The number of amides is 1. The molecule has 1 aliphatic rings. The van der Waals surface area contributed by atoms with E-state index in [-0.39, 0.29) is 17.3 Å². The summed E-state index contributed by atoms with van der Waals surface area (Å²) >= 11 is 0. The van der Waals surface area contributed by atoms with Gasteiger partial charge >= 0.3 is 6.36 Å². The number of carbonyl (C=O) groups is 1. The molecule has 1 aliphatic heterocycles. The number of nitrogens with one attached hydrogen (secondary N) is 1. The van der Waals surface area contributed by atoms with Gasteiger partial charge in [-0.15, -0.1) is 13.2 Å². The van der Waals surface area contributed by atoms with Crippen LogP contribution in [0.25, 0.3) is 0 Å². The molecular weight excluding hydrogens is 235 g/mol. The van der Waals surface area contributed by atoms with E-state index in [0.717, 1.165) is 0 Å². The van der Waals surface area contributed by atoms with E-state index in [1.54, 1.807) is 19.9 Å². The number of benzene rings is 1. The highest BCUT2D eigenvalue weighted by atomic mass is 19.4. The second kappa shape index (κ2) is 3.38. The van der Waals surface area contributed by atoms with Crippen LogP contribution in [0.5, 0.6) is 5.75 Å². The maximum absolute atomic E-state index is 12.2. The number of para-hydroxylation sites is 1. The minimum Gasteiger partial charge on any atom is -0.404 e. The van der Waals surface area contributed by atoms with Gasteiger partial charge in [-0.25, -0.2) is 0 Å². The molecule has 0 saturated carbocycles. The highest BCUT2D eigenvalue weighted by Crippen LogP contribution is 2.43. The first-order valence-electron chi connectivity index (χ1n) is 4.92. The summed E-state index contributed by atoms with van der Waals surface area (Å²) in [4.78, 5) is 11.6. The van der Waals surface area contributed by atoms with Gasteiger partial charge in [0.15, 0.2) is 5.75 Å². The Hall–Kier alpha value is -1.72. The predicted octanol–water partition coefficient (Wildman–Crippen LogP) is 2.81. The van der Waals surface area contributed by atoms with E-state index >= 15 is 0 Å². The maximum atomic E-state index is 12.2. The Labute approximate surface area is 95.6 Å². The van der Waals surface area contributed by atoms with Crippen LogP contribution in [0, 0.1) is 0 Å². The van der Waals surface area contributed by atoms with Crippen molar-refractivity contribution in [1.29, 1.82) is 0 Å². The SMILES string of the molecule is CC1(C)C(=O)Nc2c(OC(F)(F)F)cccc21. The van der Waals surface area contributed by atoms with Crippen molar-refractivity contribution in [2.75, 3.05) is 5.32 Å². The number of carbonyl (C=O) groups excluding carboxylic acids is 1. The van der Waals surface area contributed by atoms with E-state index in [0.29, 0.717) is 5.56 Å². The second-order valence-corrected chi connectivity index (χ2v) is 4.31. The lowest BCUT2D eigenvalue weighted by Gasteiger charge is -2.15. The van der Waals surface area contributed by atoms with E-state index in [1.807, 2.05) is 0 Å². The van der Waals surface area contributed by atoms with Crippen molar-refractivity contribution in [2.24, 2.45) is 0 Å². The predicted molar refractivity (Wildman–Crippen MR) is 54.8 cm³/mol. The Bertz CT molecular complexity index is 480. The third-order valence-electron chi connectivity index (χ3n) is 2.73. The smallest absolute Gasteiger partial charge is 0.404 e. The normalized spacial score (nSPS) is 17.6. The Morgan fingerprint density at radius 2 is 1.94 bits per heavy atom. The molecule has 1 amide bonds. The van der Waals surface area contributed by atoms with Crippen molar-refractivity contribution in [1.82, 2.24) is 0 Å². The number of ether oxygens (including phenoxy) is 1. The van der Waals surface area contributed by atoms with Crippen LogP contribution in [0.4, 0.5) is 18.9 Å².